The van der Waals surface area contributed by atoms with E-state index in [9.17, 15) is 4.79 Å². The molecule has 7 heteroatoms. The number of hydrogen-bond donors (Lipinski definition) is 1. The first kappa shape index (κ1) is 19.8. The molecule has 0 spiro atoms. The summed E-state index contributed by atoms with van der Waals surface area (Å²) in [6, 6.07) is 2.34. The second-order valence-electron chi connectivity index (χ2n) is 6.45. The van der Waals surface area contributed by atoms with Gasteiger partial charge in [-0.15, -0.1) is 11.3 Å². The lowest BCUT2D eigenvalue weighted by atomic mass is 10.1. The van der Waals surface area contributed by atoms with Gasteiger partial charge < -0.3 is 5.32 Å². The Kier molecular flexibility index (Phi) is 6.46. The molecule has 1 amide bonds. The van der Waals surface area contributed by atoms with Gasteiger partial charge in [0.15, 0.2) is 4.96 Å². The molecule has 144 valence electrons. The fourth-order valence-electron chi connectivity index (χ4n) is 3.28. The monoisotopic (exact) mass is 402 g/mol. The van der Waals surface area contributed by atoms with E-state index in [2.05, 4.69) is 59.0 Å². The predicted molar refractivity (Wildman–Crippen MR) is 115 cm³/mol. The lowest BCUT2D eigenvalue weighted by Crippen LogP contribution is -2.37. The molecule has 3 aromatic heterocycles. The van der Waals surface area contributed by atoms with Gasteiger partial charge in [-0.2, -0.15) is 11.3 Å². The Hall–Kier alpha value is -1.96. The number of aryl methyl sites for hydroxylation is 2. The SMILES string of the molecule is CCN(CC)[C@H](CNC(=O)/C=C\c1c(C)nc2sc(C)cn12)c1ccsc1. The summed E-state index contributed by atoms with van der Waals surface area (Å²) < 4.78 is 2.04. The lowest BCUT2D eigenvalue weighted by molar-refractivity contribution is -0.116. The number of hydrogen-bond acceptors (Lipinski definition) is 5. The van der Waals surface area contributed by atoms with Gasteiger partial charge in [-0.3, -0.25) is 14.1 Å². The molecule has 0 unspecified atom stereocenters. The number of carbonyl (C=O) groups is 1. The Balaban J connectivity index is 1.68. The van der Waals surface area contributed by atoms with Crippen LogP contribution in [0, 0.1) is 13.8 Å². The summed E-state index contributed by atoms with van der Waals surface area (Å²) in [6.07, 6.45) is 5.52. The third-order valence-electron chi connectivity index (χ3n) is 4.71. The zero-order valence-corrected chi connectivity index (χ0v) is 17.9. The maximum Gasteiger partial charge on any atom is 0.244 e. The minimum absolute atomic E-state index is 0.0799. The molecule has 0 aromatic carbocycles. The second-order valence-corrected chi connectivity index (χ2v) is 8.44. The van der Waals surface area contributed by atoms with Gasteiger partial charge in [-0.05, 0) is 55.4 Å². The van der Waals surface area contributed by atoms with Crippen molar-refractivity contribution in [3.63, 3.8) is 0 Å². The maximum absolute atomic E-state index is 12.4. The fourth-order valence-corrected chi connectivity index (χ4v) is 4.86. The number of imidazole rings is 1. The zero-order valence-electron chi connectivity index (χ0n) is 16.2. The van der Waals surface area contributed by atoms with Gasteiger partial charge in [0.25, 0.3) is 0 Å². The molecule has 3 rings (SSSR count). The third kappa shape index (κ3) is 4.48. The molecule has 0 aliphatic rings. The molecule has 27 heavy (non-hydrogen) atoms. The van der Waals surface area contributed by atoms with Crippen LogP contribution in [0.1, 0.15) is 41.7 Å². The fraction of sp³-hybridized carbons (Fsp3) is 0.400. The smallest absolute Gasteiger partial charge is 0.244 e. The number of nitrogens with one attached hydrogen (secondary N) is 1. The van der Waals surface area contributed by atoms with Gasteiger partial charge in [0.05, 0.1) is 17.4 Å². The number of nitrogens with zero attached hydrogens (tertiary/aromatic N) is 3. The van der Waals surface area contributed by atoms with E-state index in [1.54, 1.807) is 28.7 Å². The molecule has 0 aliphatic carbocycles. The summed E-state index contributed by atoms with van der Waals surface area (Å²) in [7, 11) is 0. The van der Waals surface area contributed by atoms with Crippen molar-refractivity contribution < 1.29 is 4.79 Å². The zero-order chi connectivity index (χ0) is 19.4. The van der Waals surface area contributed by atoms with E-state index in [1.165, 1.54) is 10.4 Å². The van der Waals surface area contributed by atoms with Crippen molar-refractivity contribution in [3.05, 3.63) is 50.9 Å². The lowest BCUT2D eigenvalue weighted by Gasteiger charge is -2.29. The Bertz CT molecular complexity index is 919. The maximum atomic E-state index is 12.4. The van der Waals surface area contributed by atoms with E-state index in [0.29, 0.717) is 6.54 Å². The third-order valence-corrected chi connectivity index (χ3v) is 6.31. The average molecular weight is 403 g/mol. The van der Waals surface area contributed by atoms with Gasteiger partial charge in [0, 0.05) is 23.7 Å². The summed E-state index contributed by atoms with van der Waals surface area (Å²) in [4.78, 5) is 21.5. The van der Waals surface area contributed by atoms with Gasteiger partial charge in [0.2, 0.25) is 5.91 Å². The standard InChI is InChI=1S/C20H26N4OS2/c1-5-23(6-2)18(16-9-10-26-13-16)11-21-19(25)8-7-17-15(4)22-20-24(17)12-14(3)27-20/h7-10,12-13,18H,5-6,11H2,1-4H3,(H,21,25)/b8-7-/t18-/m1/s1. The van der Waals surface area contributed by atoms with Gasteiger partial charge in [0.1, 0.15) is 0 Å². The Morgan fingerprint density at radius 1 is 1.37 bits per heavy atom. The summed E-state index contributed by atoms with van der Waals surface area (Å²) in [5.74, 6) is -0.0799. The van der Waals surface area contributed by atoms with Crippen LogP contribution in [0.5, 0.6) is 0 Å². The predicted octanol–water partition coefficient (Wildman–Crippen LogP) is 4.29. The van der Waals surface area contributed by atoms with E-state index in [1.807, 2.05) is 17.4 Å². The molecule has 5 nitrogen and oxygen atoms in total. The largest absolute Gasteiger partial charge is 0.351 e. The normalized spacial score (nSPS) is 13.1. The van der Waals surface area contributed by atoms with Crippen molar-refractivity contribution in [1.29, 1.82) is 0 Å². The molecule has 0 bridgehead atoms. The van der Waals surface area contributed by atoms with E-state index in [-0.39, 0.29) is 11.9 Å². The number of likely N-dealkylation sites (N-methyl/N-ethyl adjacent to an activating group) is 1. The first-order valence-electron chi connectivity index (χ1n) is 9.20. The molecule has 0 radical (unpaired) electrons. The second kappa shape index (κ2) is 8.82. The van der Waals surface area contributed by atoms with E-state index < -0.39 is 0 Å². The number of thiophene rings is 1. The summed E-state index contributed by atoms with van der Waals surface area (Å²) >= 11 is 3.35. The highest BCUT2D eigenvalue weighted by Gasteiger charge is 2.18. The van der Waals surface area contributed by atoms with Crippen LogP contribution in [0.15, 0.2) is 29.1 Å². The molecule has 0 saturated carbocycles. The van der Waals surface area contributed by atoms with E-state index in [0.717, 1.165) is 29.4 Å². The minimum Gasteiger partial charge on any atom is -0.351 e. The highest BCUT2D eigenvalue weighted by atomic mass is 32.1. The van der Waals surface area contributed by atoms with Crippen molar-refractivity contribution in [2.24, 2.45) is 0 Å². The quantitative estimate of drug-likeness (QED) is 0.572. The van der Waals surface area contributed by atoms with E-state index in [4.69, 9.17) is 0 Å². The Morgan fingerprint density at radius 2 is 2.15 bits per heavy atom. The van der Waals surface area contributed by atoms with Gasteiger partial charge in [-0.1, -0.05) is 13.8 Å². The molecule has 0 saturated heterocycles. The summed E-state index contributed by atoms with van der Waals surface area (Å²) in [5, 5.41) is 7.32. The number of carbonyl (C=O) groups excluding carboxylic acids is 1. The molecule has 0 aliphatic heterocycles. The van der Waals surface area contributed by atoms with Crippen LogP contribution in [0.25, 0.3) is 11.0 Å². The van der Waals surface area contributed by atoms with Gasteiger partial charge >= 0.3 is 0 Å². The number of rotatable bonds is 8. The summed E-state index contributed by atoms with van der Waals surface area (Å²) in [6.45, 7) is 10.8. The average Bonchev–Trinajstić information content (AvgIpc) is 3.34. The number of thiazole rings is 1. The van der Waals surface area contributed by atoms with Crippen LogP contribution in [0.4, 0.5) is 0 Å². The van der Waals surface area contributed by atoms with Crippen LogP contribution in [-0.2, 0) is 4.79 Å². The van der Waals surface area contributed by atoms with Crippen LogP contribution in [0.2, 0.25) is 0 Å². The summed E-state index contributed by atoms with van der Waals surface area (Å²) in [5.41, 5.74) is 3.15. The number of amides is 1. The molecular formula is C20H26N4OS2. The molecule has 1 N–H and O–H groups in total. The topological polar surface area (TPSA) is 49.6 Å². The minimum atomic E-state index is -0.0799. The van der Waals surface area contributed by atoms with Crippen LogP contribution >= 0.6 is 22.7 Å². The number of fused-ring (bicyclic) bond motifs is 1. The molecule has 3 heterocycles. The molecular weight excluding hydrogens is 376 g/mol. The highest BCUT2D eigenvalue weighted by Crippen LogP contribution is 2.23. The first-order chi connectivity index (χ1) is 13.0. The molecule has 3 aromatic rings. The number of aromatic nitrogens is 2. The van der Waals surface area contributed by atoms with Crippen LogP contribution in [-0.4, -0.2) is 39.8 Å². The van der Waals surface area contributed by atoms with E-state index >= 15 is 0 Å². The van der Waals surface area contributed by atoms with Crippen molar-refractivity contribution >= 4 is 39.6 Å². The molecule has 1 atom stereocenters. The van der Waals surface area contributed by atoms with Crippen molar-refractivity contribution in [1.82, 2.24) is 19.6 Å². The van der Waals surface area contributed by atoms with Crippen LogP contribution in [0.3, 0.4) is 0 Å². The highest BCUT2D eigenvalue weighted by molar-refractivity contribution is 7.17. The Labute approximate surface area is 168 Å². The first-order valence-corrected chi connectivity index (χ1v) is 11.0. The van der Waals surface area contributed by atoms with Crippen LogP contribution < -0.4 is 5.32 Å². The van der Waals surface area contributed by atoms with Crippen molar-refractivity contribution in [2.75, 3.05) is 19.6 Å². The van der Waals surface area contributed by atoms with Crippen molar-refractivity contribution in [2.45, 2.75) is 33.7 Å². The van der Waals surface area contributed by atoms with Crippen molar-refractivity contribution in [3.8, 4) is 0 Å². The van der Waals surface area contributed by atoms with Gasteiger partial charge in [-0.25, -0.2) is 4.98 Å². The molecule has 0 fully saturated rings. The Morgan fingerprint density at radius 3 is 2.81 bits per heavy atom.